The van der Waals surface area contributed by atoms with Crippen LogP contribution in [0.15, 0.2) is 61.2 Å². The Morgan fingerprint density at radius 3 is 2.26 bits per heavy atom. The summed E-state index contributed by atoms with van der Waals surface area (Å²) < 4.78 is 17.0. The molecule has 0 unspecified atom stereocenters. The number of ether oxygens (including phenoxy) is 3. The lowest BCUT2D eigenvalue weighted by molar-refractivity contribution is -0.137. The first-order chi connectivity index (χ1) is 18.4. The van der Waals surface area contributed by atoms with Crippen molar-refractivity contribution in [1.82, 2.24) is 0 Å². The lowest BCUT2D eigenvalue weighted by Gasteiger charge is -2.28. The molecule has 0 atom stereocenters. The van der Waals surface area contributed by atoms with Crippen LogP contribution in [0, 0.1) is 0 Å². The highest BCUT2D eigenvalue weighted by atomic mass is 16.5. The summed E-state index contributed by atoms with van der Waals surface area (Å²) in [6, 6.07) is 12.3. The monoisotopic (exact) mass is 520 g/mol. The zero-order chi connectivity index (χ0) is 27.2. The molecule has 1 aliphatic rings. The highest BCUT2D eigenvalue weighted by Crippen LogP contribution is 2.25. The molecular formula is C31H40N2O5. The molecule has 3 rings (SSSR count). The highest BCUT2D eigenvalue weighted by Gasteiger charge is 2.24. The lowest BCUT2D eigenvalue weighted by atomic mass is 9.95. The van der Waals surface area contributed by atoms with E-state index in [1.54, 1.807) is 48.5 Å². The Balaban J connectivity index is 1.33. The molecule has 0 saturated heterocycles. The van der Waals surface area contributed by atoms with Crippen molar-refractivity contribution in [2.45, 2.75) is 70.0 Å². The number of esters is 2. The van der Waals surface area contributed by atoms with E-state index in [0.717, 1.165) is 56.3 Å². The molecule has 204 valence electrons. The smallest absolute Gasteiger partial charge is 0.338 e. The second-order valence-corrected chi connectivity index (χ2v) is 9.69. The molecule has 0 amide bonds. The SMILES string of the molecule is C=CCCCCCOC1CCC(OC(=O)c2ccc(C=CC(=O)OCCc3cc(N)cc(N)c3)cc2)CC1. The molecule has 2 aromatic carbocycles. The Morgan fingerprint density at radius 1 is 0.895 bits per heavy atom. The zero-order valence-corrected chi connectivity index (χ0v) is 22.1. The molecule has 7 nitrogen and oxygen atoms in total. The van der Waals surface area contributed by atoms with Crippen LogP contribution in [0.4, 0.5) is 11.4 Å². The van der Waals surface area contributed by atoms with Crippen molar-refractivity contribution in [3.8, 4) is 0 Å². The number of carbonyl (C=O) groups is 2. The summed E-state index contributed by atoms with van der Waals surface area (Å²) in [5.74, 6) is -0.772. The number of nitrogens with two attached hydrogens (primary N) is 2. The van der Waals surface area contributed by atoms with Crippen LogP contribution >= 0.6 is 0 Å². The minimum atomic E-state index is -0.447. The van der Waals surface area contributed by atoms with E-state index in [1.807, 2.05) is 6.08 Å². The summed E-state index contributed by atoms with van der Waals surface area (Å²) in [7, 11) is 0. The Morgan fingerprint density at radius 2 is 1.58 bits per heavy atom. The summed E-state index contributed by atoms with van der Waals surface area (Å²) in [6.45, 7) is 4.76. The molecule has 1 fully saturated rings. The summed E-state index contributed by atoms with van der Waals surface area (Å²) in [5.41, 5.74) is 14.9. The van der Waals surface area contributed by atoms with Crippen LogP contribution in [0.5, 0.6) is 0 Å². The van der Waals surface area contributed by atoms with Crippen LogP contribution < -0.4 is 11.5 Å². The van der Waals surface area contributed by atoms with Crippen LogP contribution in [0.25, 0.3) is 6.08 Å². The zero-order valence-electron chi connectivity index (χ0n) is 22.1. The fraction of sp³-hybridized carbons (Fsp3) is 0.419. The van der Waals surface area contributed by atoms with Crippen molar-refractivity contribution in [3.63, 3.8) is 0 Å². The van der Waals surface area contributed by atoms with Crippen molar-refractivity contribution in [1.29, 1.82) is 0 Å². The third-order valence-corrected chi connectivity index (χ3v) is 6.53. The number of anilines is 2. The summed E-state index contributed by atoms with van der Waals surface area (Å²) in [4.78, 5) is 24.6. The molecule has 2 aromatic rings. The van der Waals surface area contributed by atoms with E-state index in [2.05, 4.69) is 6.58 Å². The van der Waals surface area contributed by atoms with E-state index in [-0.39, 0.29) is 24.8 Å². The molecule has 0 aromatic heterocycles. The Kier molecular flexibility index (Phi) is 11.9. The molecular weight excluding hydrogens is 480 g/mol. The number of rotatable bonds is 14. The third-order valence-electron chi connectivity index (χ3n) is 6.53. The molecule has 4 N–H and O–H groups in total. The van der Waals surface area contributed by atoms with Crippen LogP contribution in [0.2, 0.25) is 0 Å². The molecule has 0 spiro atoms. The van der Waals surface area contributed by atoms with Crippen LogP contribution in [0.1, 0.15) is 72.9 Å². The number of unbranched alkanes of at least 4 members (excludes halogenated alkanes) is 3. The van der Waals surface area contributed by atoms with Gasteiger partial charge in [-0.1, -0.05) is 24.6 Å². The van der Waals surface area contributed by atoms with Gasteiger partial charge in [0.05, 0.1) is 18.3 Å². The number of hydrogen-bond donors (Lipinski definition) is 2. The maximum atomic E-state index is 12.6. The van der Waals surface area contributed by atoms with Gasteiger partial charge >= 0.3 is 11.9 Å². The highest BCUT2D eigenvalue weighted by molar-refractivity contribution is 5.90. The van der Waals surface area contributed by atoms with Crippen LogP contribution in [-0.4, -0.2) is 37.4 Å². The van der Waals surface area contributed by atoms with Gasteiger partial charge in [-0.15, -0.1) is 6.58 Å². The summed E-state index contributed by atoms with van der Waals surface area (Å²) >= 11 is 0. The number of hydrogen-bond acceptors (Lipinski definition) is 7. The van der Waals surface area contributed by atoms with Gasteiger partial charge < -0.3 is 25.7 Å². The number of benzene rings is 2. The van der Waals surface area contributed by atoms with E-state index in [1.165, 1.54) is 18.9 Å². The van der Waals surface area contributed by atoms with E-state index < -0.39 is 5.97 Å². The van der Waals surface area contributed by atoms with Crippen molar-refractivity contribution in [3.05, 3.63) is 77.9 Å². The van der Waals surface area contributed by atoms with Crippen molar-refractivity contribution in [2.24, 2.45) is 0 Å². The maximum absolute atomic E-state index is 12.6. The maximum Gasteiger partial charge on any atom is 0.338 e. The summed E-state index contributed by atoms with van der Waals surface area (Å²) in [5, 5.41) is 0. The van der Waals surface area contributed by atoms with Gasteiger partial charge in [-0.05, 0) is 92.5 Å². The Labute approximate surface area is 225 Å². The van der Waals surface area contributed by atoms with Gasteiger partial charge in [0.1, 0.15) is 6.10 Å². The van der Waals surface area contributed by atoms with E-state index >= 15 is 0 Å². The summed E-state index contributed by atoms with van der Waals surface area (Å²) in [6.07, 6.45) is 13.6. The second-order valence-electron chi connectivity index (χ2n) is 9.69. The second kappa shape index (κ2) is 15.6. The van der Waals surface area contributed by atoms with E-state index in [4.69, 9.17) is 25.7 Å². The van der Waals surface area contributed by atoms with Gasteiger partial charge in [-0.2, -0.15) is 0 Å². The topological polar surface area (TPSA) is 114 Å². The van der Waals surface area contributed by atoms with Crippen LogP contribution in [-0.2, 0) is 25.4 Å². The van der Waals surface area contributed by atoms with Crippen LogP contribution in [0.3, 0.4) is 0 Å². The Hall–Kier alpha value is -3.58. The quantitative estimate of drug-likeness (QED) is 0.105. The molecule has 1 aliphatic carbocycles. The molecule has 0 radical (unpaired) electrons. The van der Waals surface area contributed by atoms with E-state index in [0.29, 0.717) is 23.4 Å². The van der Waals surface area contributed by atoms with Gasteiger partial charge in [0.2, 0.25) is 0 Å². The Bertz CT molecular complexity index is 1050. The minimum Gasteiger partial charge on any atom is -0.462 e. The molecule has 0 aliphatic heterocycles. The predicted molar refractivity (Wildman–Crippen MR) is 151 cm³/mol. The van der Waals surface area contributed by atoms with Gasteiger partial charge in [-0.25, -0.2) is 9.59 Å². The average molecular weight is 521 g/mol. The van der Waals surface area contributed by atoms with Crippen molar-refractivity contribution < 1.29 is 23.8 Å². The van der Waals surface area contributed by atoms with Crippen molar-refractivity contribution >= 4 is 29.4 Å². The molecule has 0 heterocycles. The fourth-order valence-corrected chi connectivity index (χ4v) is 4.46. The molecule has 38 heavy (non-hydrogen) atoms. The minimum absolute atomic E-state index is 0.0759. The average Bonchev–Trinajstić information content (AvgIpc) is 2.90. The van der Waals surface area contributed by atoms with Crippen molar-refractivity contribution in [2.75, 3.05) is 24.7 Å². The fourth-order valence-electron chi connectivity index (χ4n) is 4.46. The van der Waals surface area contributed by atoms with Gasteiger partial charge in [0.25, 0.3) is 0 Å². The largest absolute Gasteiger partial charge is 0.462 e. The van der Waals surface area contributed by atoms with Gasteiger partial charge in [-0.3, -0.25) is 0 Å². The number of allylic oxidation sites excluding steroid dienone is 1. The molecule has 1 saturated carbocycles. The number of nitrogen functional groups attached to an aromatic ring is 2. The first kappa shape index (κ1) is 29.0. The first-order valence-corrected chi connectivity index (χ1v) is 13.5. The lowest BCUT2D eigenvalue weighted by Crippen LogP contribution is -2.28. The molecule has 0 bridgehead atoms. The van der Waals surface area contributed by atoms with Gasteiger partial charge in [0.15, 0.2) is 0 Å². The normalized spacial score (nSPS) is 17.3. The van der Waals surface area contributed by atoms with Gasteiger partial charge in [0, 0.05) is 30.5 Å². The van der Waals surface area contributed by atoms with E-state index in [9.17, 15) is 9.59 Å². The molecule has 7 heteroatoms. The predicted octanol–water partition coefficient (Wildman–Crippen LogP) is 5.88. The third kappa shape index (κ3) is 10.4. The number of carbonyl (C=O) groups excluding carboxylic acids is 2. The first-order valence-electron chi connectivity index (χ1n) is 13.5. The standard InChI is InChI=1S/C31H40N2O5/c1-2-3-4-5-6-18-36-28-12-14-29(15-13-28)38-31(35)25-10-7-23(8-11-25)9-16-30(34)37-19-17-24-20-26(32)22-27(33)21-24/h2,7-11,16,20-22,28-29H,1,3-6,12-15,17-19,32-33H2.